The molecule has 2 amide bonds. The topological polar surface area (TPSA) is 62.2 Å². The van der Waals surface area contributed by atoms with Gasteiger partial charge in [-0.3, -0.25) is 9.88 Å². The molecular weight excluding hydrogens is 290 g/mol. The van der Waals surface area contributed by atoms with E-state index in [9.17, 15) is 4.79 Å². The largest absolute Gasteiger partial charge is 0.326 e. The lowest BCUT2D eigenvalue weighted by Crippen LogP contribution is -2.38. The third-order valence-electron chi connectivity index (χ3n) is 3.88. The molecule has 3 heterocycles. The van der Waals surface area contributed by atoms with E-state index in [1.807, 2.05) is 26.0 Å². The summed E-state index contributed by atoms with van der Waals surface area (Å²) in [5.41, 5.74) is 1.14. The van der Waals surface area contributed by atoms with Gasteiger partial charge in [0.15, 0.2) is 5.82 Å². The van der Waals surface area contributed by atoms with E-state index in [1.54, 1.807) is 41.6 Å². The first-order valence-corrected chi connectivity index (χ1v) is 7.27. The first-order chi connectivity index (χ1) is 11.0. The molecule has 2 aromatic rings. The second-order valence-corrected chi connectivity index (χ2v) is 5.99. The van der Waals surface area contributed by atoms with Crippen LogP contribution in [0.4, 0.5) is 10.6 Å². The number of hydrogen-bond acceptors (Lipinski definition) is 4. The van der Waals surface area contributed by atoms with E-state index in [0.29, 0.717) is 18.1 Å². The van der Waals surface area contributed by atoms with Gasteiger partial charge >= 0.3 is 6.03 Å². The molecule has 0 N–H and O–H groups in total. The van der Waals surface area contributed by atoms with Gasteiger partial charge in [0.1, 0.15) is 5.69 Å². The Labute approximate surface area is 135 Å². The minimum absolute atomic E-state index is 0.0708. The molecule has 0 saturated carbocycles. The summed E-state index contributed by atoms with van der Waals surface area (Å²) in [6.45, 7) is 4.62. The fourth-order valence-electron chi connectivity index (χ4n) is 2.28. The minimum atomic E-state index is -0.225. The molecule has 1 aliphatic heterocycles. The monoisotopic (exact) mass is 307 g/mol. The Balaban J connectivity index is 1.79. The zero-order valence-corrected chi connectivity index (χ0v) is 13.3. The quantitative estimate of drug-likeness (QED) is 0.755. The number of likely N-dealkylation sites (N-methyl/N-ethyl adjacent to an activating group) is 1. The number of hydrogen-bond donors (Lipinski definition) is 0. The van der Waals surface area contributed by atoms with Gasteiger partial charge in [0.25, 0.3) is 0 Å². The summed E-state index contributed by atoms with van der Waals surface area (Å²) in [7, 11) is 1.80. The smallest absolute Gasteiger partial charge is 0.320 e. The predicted octanol–water partition coefficient (Wildman–Crippen LogP) is 1.92. The van der Waals surface area contributed by atoms with Crippen LogP contribution in [0.2, 0.25) is 0 Å². The maximum Gasteiger partial charge on any atom is 0.326 e. The van der Waals surface area contributed by atoms with Crippen molar-refractivity contribution < 1.29 is 4.79 Å². The van der Waals surface area contributed by atoms with Gasteiger partial charge in [0.05, 0.1) is 24.5 Å². The SMILES string of the molecule is CN1C(=O)N(c2cnc(C#Cc3cccnc3)cn2)CC1(C)C. The van der Waals surface area contributed by atoms with Crippen molar-refractivity contribution in [3.8, 4) is 11.8 Å². The van der Waals surface area contributed by atoms with Crippen molar-refractivity contribution in [3.05, 3.63) is 48.2 Å². The van der Waals surface area contributed by atoms with Gasteiger partial charge in [0, 0.05) is 25.0 Å². The molecule has 0 atom stereocenters. The van der Waals surface area contributed by atoms with Crippen LogP contribution in [0.3, 0.4) is 0 Å². The molecule has 0 aliphatic carbocycles. The summed E-state index contributed by atoms with van der Waals surface area (Å²) in [6.07, 6.45) is 6.55. The molecule has 0 aromatic carbocycles. The van der Waals surface area contributed by atoms with Gasteiger partial charge < -0.3 is 4.90 Å². The molecular formula is C17H17N5O. The van der Waals surface area contributed by atoms with E-state index in [-0.39, 0.29) is 11.6 Å². The Morgan fingerprint density at radius 1 is 1.17 bits per heavy atom. The third-order valence-corrected chi connectivity index (χ3v) is 3.88. The average molecular weight is 307 g/mol. The summed E-state index contributed by atoms with van der Waals surface area (Å²) in [5.74, 6) is 6.45. The molecule has 116 valence electrons. The highest BCUT2D eigenvalue weighted by molar-refractivity contribution is 5.94. The summed E-state index contributed by atoms with van der Waals surface area (Å²) in [6, 6.07) is 3.64. The van der Waals surface area contributed by atoms with Crippen LogP contribution in [0.25, 0.3) is 0 Å². The number of carbonyl (C=O) groups excluding carboxylic acids is 1. The van der Waals surface area contributed by atoms with E-state index >= 15 is 0 Å². The van der Waals surface area contributed by atoms with E-state index in [0.717, 1.165) is 5.56 Å². The second-order valence-electron chi connectivity index (χ2n) is 5.99. The van der Waals surface area contributed by atoms with Gasteiger partial charge in [-0.05, 0) is 31.9 Å². The first-order valence-electron chi connectivity index (χ1n) is 7.27. The minimum Gasteiger partial charge on any atom is -0.320 e. The third kappa shape index (κ3) is 2.99. The van der Waals surface area contributed by atoms with Gasteiger partial charge in [-0.1, -0.05) is 5.92 Å². The molecule has 0 radical (unpaired) electrons. The normalized spacial score (nSPS) is 16.2. The molecule has 1 aliphatic rings. The van der Waals surface area contributed by atoms with Crippen molar-refractivity contribution in [1.29, 1.82) is 0 Å². The molecule has 0 unspecified atom stereocenters. The average Bonchev–Trinajstić information content (AvgIpc) is 2.78. The molecule has 6 nitrogen and oxygen atoms in total. The van der Waals surface area contributed by atoms with Gasteiger partial charge in [-0.2, -0.15) is 0 Å². The van der Waals surface area contributed by atoms with E-state index in [2.05, 4.69) is 26.8 Å². The number of pyridine rings is 1. The molecule has 23 heavy (non-hydrogen) atoms. The fourth-order valence-corrected chi connectivity index (χ4v) is 2.28. The van der Waals surface area contributed by atoms with Crippen molar-refractivity contribution >= 4 is 11.8 Å². The summed E-state index contributed by atoms with van der Waals surface area (Å²) in [5, 5.41) is 0. The Bertz CT molecular complexity index is 774. The van der Waals surface area contributed by atoms with E-state index < -0.39 is 0 Å². The van der Waals surface area contributed by atoms with Crippen LogP contribution in [0.5, 0.6) is 0 Å². The van der Waals surface area contributed by atoms with Crippen LogP contribution in [0.1, 0.15) is 25.1 Å². The first kappa shape index (κ1) is 15.0. The number of amides is 2. The Hall–Kier alpha value is -2.94. The molecule has 2 aromatic heterocycles. The molecule has 0 spiro atoms. The molecule has 1 saturated heterocycles. The highest BCUT2D eigenvalue weighted by Gasteiger charge is 2.41. The Morgan fingerprint density at radius 2 is 2.00 bits per heavy atom. The van der Waals surface area contributed by atoms with Crippen molar-refractivity contribution in [2.24, 2.45) is 0 Å². The van der Waals surface area contributed by atoms with Crippen LogP contribution in [-0.2, 0) is 0 Å². The molecule has 6 heteroatoms. The van der Waals surface area contributed by atoms with Gasteiger partial charge in [0.2, 0.25) is 0 Å². The van der Waals surface area contributed by atoms with Crippen molar-refractivity contribution in [1.82, 2.24) is 19.9 Å². The number of nitrogens with zero attached hydrogens (tertiary/aromatic N) is 5. The lowest BCUT2D eigenvalue weighted by molar-refractivity contribution is 0.198. The van der Waals surface area contributed by atoms with Gasteiger partial charge in [-0.15, -0.1) is 0 Å². The highest BCUT2D eigenvalue weighted by atomic mass is 16.2. The standard InChI is InChI=1S/C17H17N5O/c1-17(2)12-22(16(23)21(17)3)15-11-19-14(10-20-15)7-6-13-5-4-8-18-9-13/h4-5,8-11H,12H2,1-3H3. The van der Waals surface area contributed by atoms with Crippen molar-refractivity contribution in [3.63, 3.8) is 0 Å². The van der Waals surface area contributed by atoms with Gasteiger partial charge in [-0.25, -0.2) is 14.8 Å². The Kier molecular flexibility index (Phi) is 3.70. The van der Waals surface area contributed by atoms with Crippen molar-refractivity contribution in [2.45, 2.75) is 19.4 Å². The second kappa shape index (κ2) is 5.69. The molecule has 0 bridgehead atoms. The van der Waals surface area contributed by atoms with E-state index in [1.165, 1.54) is 0 Å². The summed E-state index contributed by atoms with van der Waals surface area (Å²) < 4.78 is 0. The molecule has 1 fully saturated rings. The number of anilines is 1. The van der Waals surface area contributed by atoms with E-state index in [4.69, 9.17) is 0 Å². The predicted molar refractivity (Wildman–Crippen MR) is 86.8 cm³/mol. The maximum atomic E-state index is 12.3. The summed E-state index contributed by atoms with van der Waals surface area (Å²) >= 11 is 0. The lowest BCUT2D eigenvalue weighted by atomic mass is 10.1. The number of rotatable bonds is 1. The van der Waals surface area contributed by atoms with Crippen LogP contribution in [-0.4, -0.2) is 45.0 Å². The zero-order valence-electron chi connectivity index (χ0n) is 13.3. The zero-order chi connectivity index (χ0) is 16.4. The van der Waals surface area contributed by atoms with Crippen LogP contribution < -0.4 is 4.90 Å². The van der Waals surface area contributed by atoms with Crippen LogP contribution in [0, 0.1) is 11.8 Å². The van der Waals surface area contributed by atoms with Crippen molar-refractivity contribution in [2.75, 3.05) is 18.5 Å². The highest BCUT2D eigenvalue weighted by Crippen LogP contribution is 2.27. The fraction of sp³-hybridized carbons (Fsp3) is 0.294. The number of aromatic nitrogens is 3. The Morgan fingerprint density at radius 3 is 2.57 bits per heavy atom. The maximum absolute atomic E-state index is 12.3. The van der Waals surface area contributed by atoms with Crippen LogP contribution in [0.15, 0.2) is 36.9 Å². The van der Waals surface area contributed by atoms with Crippen LogP contribution >= 0.6 is 0 Å². The summed E-state index contributed by atoms with van der Waals surface area (Å²) in [4.78, 5) is 28.2. The lowest BCUT2D eigenvalue weighted by Gasteiger charge is -2.24. The molecule has 3 rings (SSSR count). The number of carbonyl (C=O) groups is 1. The number of urea groups is 1.